The highest BCUT2D eigenvalue weighted by Crippen LogP contribution is 2.25. The molecule has 0 aliphatic heterocycles. The standard InChI is InChI=1S/C12H18O3/c1-8(2)7-15-12-5-10(9(3)13)4-11(14)6-12/h4-6,8-9,13-14H,7H2,1-3H3. The van der Waals surface area contributed by atoms with Gasteiger partial charge in [-0.05, 0) is 30.5 Å². The Labute approximate surface area is 90.3 Å². The van der Waals surface area contributed by atoms with Crippen LogP contribution in [0.3, 0.4) is 0 Å². The average molecular weight is 210 g/mol. The molecule has 0 amide bonds. The molecule has 1 rings (SSSR count). The fourth-order valence-electron chi connectivity index (χ4n) is 1.19. The third-order valence-electron chi connectivity index (χ3n) is 1.98. The van der Waals surface area contributed by atoms with E-state index < -0.39 is 6.10 Å². The van der Waals surface area contributed by atoms with Gasteiger partial charge in [-0.15, -0.1) is 0 Å². The lowest BCUT2D eigenvalue weighted by molar-refractivity contribution is 0.197. The molecule has 0 bridgehead atoms. The van der Waals surface area contributed by atoms with Gasteiger partial charge in [0.05, 0.1) is 12.7 Å². The molecule has 0 aliphatic carbocycles. The lowest BCUT2D eigenvalue weighted by Gasteiger charge is -2.12. The second kappa shape index (κ2) is 5.03. The van der Waals surface area contributed by atoms with Gasteiger partial charge in [0, 0.05) is 6.07 Å². The predicted molar refractivity (Wildman–Crippen MR) is 59.1 cm³/mol. The Kier molecular flexibility index (Phi) is 3.97. The van der Waals surface area contributed by atoms with Crippen molar-refractivity contribution in [3.05, 3.63) is 23.8 Å². The zero-order valence-electron chi connectivity index (χ0n) is 9.40. The maximum atomic E-state index is 9.42. The van der Waals surface area contributed by atoms with Gasteiger partial charge in [0.25, 0.3) is 0 Å². The molecule has 84 valence electrons. The van der Waals surface area contributed by atoms with Gasteiger partial charge in [0.2, 0.25) is 0 Å². The molecular weight excluding hydrogens is 192 g/mol. The minimum atomic E-state index is -0.599. The van der Waals surface area contributed by atoms with Crippen LogP contribution >= 0.6 is 0 Å². The second-order valence-electron chi connectivity index (χ2n) is 4.14. The smallest absolute Gasteiger partial charge is 0.123 e. The van der Waals surface area contributed by atoms with E-state index in [9.17, 15) is 10.2 Å². The molecule has 0 heterocycles. The summed E-state index contributed by atoms with van der Waals surface area (Å²) in [6.45, 7) is 6.36. The zero-order chi connectivity index (χ0) is 11.4. The number of phenolic OH excluding ortho intramolecular Hbond substituents is 1. The zero-order valence-corrected chi connectivity index (χ0v) is 9.40. The first-order valence-corrected chi connectivity index (χ1v) is 5.14. The van der Waals surface area contributed by atoms with Crippen molar-refractivity contribution < 1.29 is 14.9 Å². The Balaban J connectivity index is 2.79. The van der Waals surface area contributed by atoms with Crippen molar-refractivity contribution in [1.82, 2.24) is 0 Å². The normalized spacial score (nSPS) is 12.9. The molecule has 15 heavy (non-hydrogen) atoms. The third-order valence-corrected chi connectivity index (χ3v) is 1.98. The van der Waals surface area contributed by atoms with E-state index in [1.54, 1.807) is 19.1 Å². The Bertz CT molecular complexity index is 319. The number of aliphatic hydroxyl groups is 1. The number of phenols is 1. The van der Waals surface area contributed by atoms with Crippen molar-refractivity contribution in [3.63, 3.8) is 0 Å². The van der Waals surface area contributed by atoms with Crippen molar-refractivity contribution in [2.24, 2.45) is 5.92 Å². The number of hydrogen-bond donors (Lipinski definition) is 2. The number of ether oxygens (including phenoxy) is 1. The SMILES string of the molecule is CC(C)COc1cc(O)cc(C(C)O)c1. The topological polar surface area (TPSA) is 49.7 Å². The van der Waals surface area contributed by atoms with Gasteiger partial charge in [0.1, 0.15) is 11.5 Å². The molecule has 3 heteroatoms. The van der Waals surface area contributed by atoms with E-state index >= 15 is 0 Å². The van der Waals surface area contributed by atoms with Crippen molar-refractivity contribution in [3.8, 4) is 11.5 Å². The van der Waals surface area contributed by atoms with Crippen LogP contribution in [0.15, 0.2) is 18.2 Å². The van der Waals surface area contributed by atoms with Crippen LogP contribution in [-0.2, 0) is 0 Å². The lowest BCUT2D eigenvalue weighted by atomic mass is 10.1. The van der Waals surface area contributed by atoms with Crippen molar-refractivity contribution in [2.45, 2.75) is 26.9 Å². The van der Waals surface area contributed by atoms with Crippen LogP contribution in [0.4, 0.5) is 0 Å². The number of hydrogen-bond acceptors (Lipinski definition) is 3. The number of aliphatic hydroxyl groups excluding tert-OH is 1. The lowest BCUT2D eigenvalue weighted by Crippen LogP contribution is -2.05. The van der Waals surface area contributed by atoms with E-state index in [4.69, 9.17) is 4.74 Å². The first-order valence-electron chi connectivity index (χ1n) is 5.14. The van der Waals surface area contributed by atoms with Crippen molar-refractivity contribution in [1.29, 1.82) is 0 Å². The number of benzene rings is 1. The minimum absolute atomic E-state index is 0.118. The maximum absolute atomic E-state index is 9.42. The molecule has 1 aromatic carbocycles. The van der Waals surface area contributed by atoms with Crippen molar-refractivity contribution >= 4 is 0 Å². The summed E-state index contributed by atoms with van der Waals surface area (Å²) in [4.78, 5) is 0. The monoisotopic (exact) mass is 210 g/mol. The maximum Gasteiger partial charge on any atom is 0.123 e. The summed E-state index contributed by atoms with van der Waals surface area (Å²) in [6, 6.07) is 4.83. The molecule has 1 aromatic rings. The highest BCUT2D eigenvalue weighted by Gasteiger charge is 2.06. The van der Waals surface area contributed by atoms with E-state index in [1.807, 2.05) is 0 Å². The summed E-state index contributed by atoms with van der Waals surface area (Å²) in [6.07, 6.45) is -0.599. The summed E-state index contributed by atoms with van der Waals surface area (Å²) in [7, 11) is 0. The fraction of sp³-hybridized carbons (Fsp3) is 0.500. The molecule has 2 N–H and O–H groups in total. The Morgan fingerprint density at radius 1 is 1.20 bits per heavy atom. The molecule has 1 unspecified atom stereocenters. The molecule has 0 spiro atoms. The number of rotatable bonds is 4. The molecule has 0 aromatic heterocycles. The molecule has 0 aliphatic rings. The Morgan fingerprint density at radius 3 is 2.40 bits per heavy atom. The van der Waals surface area contributed by atoms with E-state index in [0.717, 1.165) is 0 Å². The van der Waals surface area contributed by atoms with E-state index in [2.05, 4.69) is 13.8 Å². The molecule has 1 atom stereocenters. The van der Waals surface area contributed by atoms with Gasteiger partial charge in [-0.2, -0.15) is 0 Å². The molecule has 0 saturated heterocycles. The van der Waals surface area contributed by atoms with Crippen LogP contribution in [0, 0.1) is 5.92 Å². The van der Waals surface area contributed by atoms with Crippen LogP contribution in [0.2, 0.25) is 0 Å². The molecular formula is C12H18O3. The summed E-state index contributed by atoms with van der Waals surface area (Å²) in [5, 5.41) is 18.8. The van der Waals surface area contributed by atoms with E-state index in [-0.39, 0.29) is 5.75 Å². The van der Waals surface area contributed by atoms with Gasteiger partial charge < -0.3 is 14.9 Å². The van der Waals surface area contributed by atoms with Crippen LogP contribution < -0.4 is 4.74 Å². The predicted octanol–water partition coefficient (Wildman–Crippen LogP) is 2.48. The third kappa shape index (κ3) is 3.80. The highest BCUT2D eigenvalue weighted by molar-refractivity contribution is 5.38. The summed E-state index contributed by atoms with van der Waals surface area (Å²) >= 11 is 0. The Hall–Kier alpha value is -1.22. The number of aromatic hydroxyl groups is 1. The highest BCUT2D eigenvalue weighted by atomic mass is 16.5. The van der Waals surface area contributed by atoms with Gasteiger partial charge >= 0.3 is 0 Å². The summed E-state index contributed by atoms with van der Waals surface area (Å²) < 4.78 is 5.47. The van der Waals surface area contributed by atoms with Gasteiger partial charge in [-0.3, -0.25) is 0 Å². The van der Waals surface area contributed by atoms with E-state index in [1.165, 1.54) is 6.07 Å². The van der Waals surface area contributed by atoms with Crippen LogP contribution in [0.1, 0.15) is 32.4 Å². The fourth-order valence-corrected chi connectivity index (χ4v) is 1.19. The Morgan fingerprint density at radius 2 is 1.87 bits per heavy atom. The van der Waals surface area contributed by atoms with Gasteiger partial charge in [-0.25, -0.2) is 0 Å². The molecule has 0 saturated carbocycles. The first kappa shape index (κ1) is 11.9. The first-order chi connectivity index (χ1) is 6.99. The van der Waals surface area contributed by atoms with Crippen LogP contribution in [0.25, 0.3) is 0 Å². The second-order valence-corrected chi connectivity index (χ2v) is 4.14. The largest absolute Gasteiger partial charge is 0.508 e. The summed E-state index contributed by atoms with van der Waals surface area (Å²) in [5.74, 6) is 1.15. The quantitative estimate of drug-likeness (QED) is 0.802. The van der Waals surface area contributed by atoms with Crippen molar-refractivity contribution in [2.75, 3.05) is 6.61 Å². The van der Waals surface area contributed by atoms with Gasteiger partial charge in [-0.1, -0.05) is 13.8 Å². The van der Waals surface area contributed by atoms with Crippen LogP contribution in [-0.4, -0.2) is 16.8 Å². The summed E-state index contributed by atoms with van der Waals surface area (Å²) in [5.41, 5.74) is 0.661. The van der Waals surface area contributed by atoms with Gasteiger partial charge in [0.15, 0.2) is 0 Å². The molecule has 3 nitrogen and oxygen atoms in total. The molecule has 0 fully saturated rings. The van der Waals surface area contributed by atoms with E-state index in [0.29, 0.717) is 23.8 Å². The molecule has 0 radical (unpaired) electrons. The average Bonchev–Trinajstić information content (AvgIpc) is 2.13. The van der Waals surface area contributed by atoms with Crippen LogP contribution in [0.5, 0.6) is 11.5 Å². The minimum Gasteiger partial charge on any atom is -0.508 e.